The van der Waals surface area contributed by atoms with E-state index in [2.05, 4.69) is 228 Å². The molecule has 0 spiro atoms. The van der Waals surface area contributed by atoms with Crippen LogP contribution in [0, 0.1) is 0 Å². The molecule has 318 valence electrons. The zero-order valence-electron chi connectivity index (χ0n) is 36.8. The van der Waals surface area contributed by atoms with E-state index in [1.807, 2.05) is 24.3 Å². The molecular formula is C64H40N2O2. The second-order valence-electron chi connectivity index (χ2n) is 17.6. The number of hydrogen-bond donors (Lipinski definition) is 0. The maximum Gasteiger partial charge on any atom is 0.151 e. The van der Waals surface area contributed by atoms with Crippen LogP contribution in [0.2, 0.25) is 0 Å². The molecule has 0 aromatic heterocycles. The minimum Gasteiger partial charge on any atom is -0.453 e. The summed E-state index contributed by atoms with van der Waals surface area (Å²) in [5, 5.41) is 9.45. The first-order chi connectivity index (χ1) is 33.7. The third kappa shape index (κ3) is 6.01. The Hall–Kier alpha value is -9.12. The topological polar surface area (TPSA) is 24.9 Å². The molecule has 12 aromatic carbocycles. The fourth-order valence-corrected chi connectivity index (χ4v) is 10.7. The van der Waals surface area contributed by atoms with Gasteiger partial charge < -0.3 is 19.3 Å². The zero-order valence-corrected chi connectivity index (χ0v) is 36.8. The van der Waals surface area contributed by atoms with Gasteiger partial charge in [-0.25, -0.2) is 0 Å². The van der Waals surface area contributed by atoms with E-state index in [4.69, 9.17) is 9.47 Å². The lowest BCUT2D eigenvalue weighted by Gasteiger charge is -2.33. The summed E-state index contributed by atoms with van der Waals surface area (Å²) in [5.41, 5.74) is 13.2. The van der Waals surface area contributed by atoms with Gasteiger partial charge in [0, 0.05) is 11.4 Å². The summed E-state index contributed by atoms with van der Waals surface area (Å²) in [4.78, 5) is 4.70. The lowest BCUT2D eigenvalue weighted by molar-refractivity contribution is 0.477. The Morgan fingerprint density at radius 1 is 0.250 bits per heavy atom. The minimum atomic E-state index is 0.824. The normalized spacial score (nSPS) is 12.6. The van der Waals surface area contributed by atoms with E-state index >= 15 is 0 Å². The highest BCUT2D eigenvalue weighted by atomic mass is 16.5. The van der Waals surface area contributed by atoms with E-state index in [9.17, 15) is 0 Å². The zero-order chi connectivity index (χ0) is 44.7. The first-order valence-electron chi connectivity index (χ1n) is 23.2. The van der Waals surface area contributed by atoms with E-state index in [1.165, 1.54) is 60.1 Å². The lowest BCUT2D eigenvalue weighted by atomic mass is 9.83. The molecular weight excluding hydrogens is 829 g/mol. The fraction of sp³-hybridized carbons (Fsp3) is 0. The molecule has 0 radical (unpaired) electrons. The van der Waals surface area contributed by atoms with Crippen LogP contribution in [-0.2, 0) is 0 Å². The number of fused-ring (bicyclic) bond motifs is 8. The standard InChI is InChI=1S/C64H40N2O2/c1-2-15-41(16-3-1)43-29-30-45-38-46(32-31-44(45)37-43)63-51-35-33-48(66-57-23-8-12-27-61(57)68-62-28-13-9-24-58(62)66)40-54(51)64(50-20-14-18-42-17-4-5-19-49(42)50)52-36-34-47(39-53(52)63)65-55-21-6-10-25-59(55)67-60-26-11-7-22-56(60)65/h1-40H. The summed E-state index contributed by atoms with van der Waals surface area (Å²) in [7, 11) is 0. The maximum atomic E-state index is 6.51. The van der Waals surface area contributed by atoms with Crippen molar-refractivity contribution in [3.63, 3.8) is 0 Å². The fourth-order valence-electron chi connectivity index (χ4n) is 10.7. The Balaban J connectivity index is 1.09. The van der Waals surface area contributed by atoms with Crippen molar-refractivity contribution in [2.75, 3.05) is 9.80 Å². The minimum absolute atomic E-state index is 0.824. The summed E-state index contributed by atoms with van der Waals surface area (Å²) in [6.45, 7) is 0. The SMILES string of the molecule is c1ccc(-c2ccc3cc(-c4c5cc(N6c7ccccc7Oc7ccccc76)ccc5c(-c5cccc6ccccc56)c5cc(N6c7ccccc7Oc7ccccc76)ccc45)ccc3c2)cc1. The Morgan fingerprint density at radius 3 is 1.29 bits per heavy atom. The van der Waals surface area contributed by atoms with Gasteiger partial charge in [-0.05, 0) is 161 Å². The monoisotopic (exact) mass is 868 g/mol. The predicted molar refractivity (Wildman–Crippen MR) is 282 cm³/mol. The second kappa shape index (κ2) is 15.2. The average molecular weight is 869 g/mol. The van der Waals surface area contributed by atoms with Gasteiger partial charge in [0.15, 0.2) is 23.0 Å². The van der Waals surface area contributed by atoms with Crippen molar-refractivity contribution in [1.29, 1.82) is 0 Å². The second-order valence-corrected chi connectivity index (χ2v) is 17.6. The number of anilines is 6. The number of benzene rings is 12. The van der Waals surface area contributed by atoms with E-state index in [1.54, 1.807) is 0 Å². The van der Waals surface area contributed by atoms with Crippen LogP contribution in [0.5, 0.6) is 23.0 Å². The van der Waals surface area contributed by atoms with Gasteiger partial charge in [0.2, 0.25) is 0 Å². The van der Waals surface area contributed by atoms with Crippen LogP contribution in [0.1, 0.15) is 0 Å². The highest BCUT2D eigenvalue weighted by molar-refractivity contribution is 6.25. The van der Waals surface area contributed by atoms with Crippen LogP contribution in [0.25, 0.3) is 76.5 Å². The van der Waals surface area contributed by atoms with Crippen LogP contribution >= 0.6 is 0 Å². The Labute approximate surface area is 393 Å². The van der Waals surface area contributed by atoms with Crippen LogP contribution in [0.15, 0.2) is 243 Å². The van der Waals surface area contributed by atoms with E-state index < -0.39 is 0 Å². The van der Waals surface area contributed by atoms with Gasteiger partial charge in [0.1, 0.15) is 0 Å². The van der Waals surface area contributed by atoms with Gasteiger partial charge >= 0.3 is 0 Å². The van der Waals surface area contributed by atoms with Crippen molar-refractivity contribution in [3.05, 3.63) is 243 Å². The van der Waals surface area contributed by atoms with E-state index in [0.29, 0.717) is 0 Å². The molecule has 4 heteroatoms. The van der Waals surface area contributed by atoms with Crippen molar-refractivity contribution >= 4 is 77.2 Å². The van der Waals surface area contributed by atoms with Crippen molar-refractivity contribution in [3.8, 4) is 56.4 Å². The number of nitrogens with zero attached hydrogens (tertiary/aromatic N) is 2. The third-order valence-corrected chi connectivity index (χ3v) is 13.8. The van der Waals surface area contributed by atoms with Crippen molar-refractivity contribution in [2.24, 2.45) is 0 Å². The smallest absolute Gasteiger partial charge is 0.151 e. The predicted octanol–water partition coefficient (Wildman–Crippen LogP) is 18.5. The van der Waals surface area contributed by atoms with Gasteiger partial charge in [-0.2, -0.15) is 0 Å². The molecule has 0 amide bonds. The van der Waals surface area contributed by atoms with Gasteiger partial charge in [-0.1, -0.05) is 158 Å². The molecule has 68 heavy (non-hydrogen) atoms. The quantitative estimate of drug-likeness (QED) is 0.161. The Bertz CT molecular complexity index is 3910. The molecule has 14 rings (SSSR count). The Morgan fingerprint density at radius 2 is 0.706 bits per heavy atom. The molecule has 0 bridgehead atoms. The van der Waals surface area contributed by atoms with Crippen molar-refractivity contribution < 1.29 is 9.47 Å². The van der Waals surface area contributed by atoms with Gasteiger partial charge in [-0.3, -0.25) is 0 Å². The molecule has 2 heterocycles. The summed E-state index contributed by atoms with van der Waals surface area (Å²) in [6.07, 6.45) is 0. The van der Waals surface area contributed by atoms with E-state index in [-0.39, 0.29) is 0 Å². The molecule has 4 nitrogen and oxygen atoms in total. The first kappa shape index (κ1) is 38.2. The summed E-state index contributed by atoms with van der Waals surface area (Å²) >= 11 is 0. The highest BCUT2D eigenvalue weighted by Crippen LogP contribution is 2.55. The molecule has 2 aliphatic rings. The first-order valence-corrected chi connectivity index (χ1v) is 23.2. The molecule has 2 aliphatic heterocycles. The Kier molecular flexibility index (Phi) is 8.55. The molecule has 0 saturated heterocycles. The highest BCUT2D eigenvalue weighted by Gasteiger charge is 2.29. The van der Waals surface area contributed by atoms with Crippen LogP contribution in [0.3, 0.4) is 0 Å². The number of rotatable bonds is 5. The van der Waals surface area contributed by atoms with E-state index in [0.717, 1.165) is 73.5 Å². The molecule has 0 saturated carbocycles. The maximum absolute atomic E-state index is 6.51. The van der Waals surface area contributed by atoms with Gasteiger partial charge in [-0.15, -0.1) is 0 Å². The molecule has 0 unspecified atom stereocenters. The summed E-state index contributed by atoms with van der Waals surface area (Å²) < 4.78 is 13.0. The lowest BCUT2D eigenvalue weighted by Crippen LogP contribution is -2.16. The molecule has 0 atom stereocenters. The molecule has 12 aromatic rings. The molecule has 0 N–H and O–H groups in total. The summed E-state index contributed by atoms with van der Waals surface area (Å²) in [6, 6.07) is 87.3. The van der Waals surface area contributed by atoms with Crippen molar-refractivity contribution in [2.45, 2.75) is 0 Å². The third-order valence-electron chi connectivity index (χ3n) is 13.8. The van der Waals surface area contributed by atoms with Gasteiger partial charge in [0.05, 0.1) is 22.7 Å². The summed E-state index contributed by atoms with van der Waals surface area (Å²) in [5.74, 6) is 3.30. The molecule has 0 fully saturated rings. The van der Waals surface area contributed by atoms with Crippen LogP contribution < -0.4 is 19.3 Å². The largest absolute Gasteiger partial charge is 0.453 e. The van der Waals surface area contributed by atoms with Crippen LogP contribution in [-0.4, -0.2) is 0 Å². The number of para-hydroxylation sites is 8. The van der Waals surface area contributed by atoms with Crippen molar-refractivity contribution in [1.82, 2.24) is 0 Å². The molecule has 0 aliphatic carbocycles. The number of hydrogen-bond acceptors (Lipinski definition) is 4. The van der Waals surface area contributed by atoms with Crippen LogP contribution in [0.4, 0.5) is 34.1 Å². The average Bonchev–Trinajstić information content (AvgIpc) is 3.40. The van der Waals surface area contributed by atoms with Gasteiger partial charge in [0.25, 0.3) is 0 Å². The number of ether oxygens (including phenoxy) is 2.